The monoisotopic (exact) mass is 455 g/mol. The Hall–Kier alpha value is -3.46. The molecule has 0 saturated carbocycles. The molecular formula is C23H22FN3O4S. The molecule has 0 spiro atoms. The Morgan fingerprint density at radius 1 is 1.22 bits per heavy atom. The highest BCUT2D eigenvalue weighted by atomic mass is 32.2. The maximum absolute atomic E-state index is 13.0. The number of nitrogens with one attached hydrogen (secondary N) is 1. The molecule has 0 bridgehead atoms. The van der Waals surface area contributed by atoms with Crippen molar-refractivity contribution in [3.8, 4) is 0 Å². The number of hydrogen-bond acceptors (Lipinski definition) is 6. The molecule has 1 atom stereocenters. The van der Waals surface area contributed by atoms with Gasteiger partial charge in [-0.1, -0.05) is 17.8 Å². The van der Waals surface area contributed by atoms with E-state index in [0.29, 0.717) is 22.1 Å². The summed E-state index contributed by atoms with van der Waals surface area (Å²) in [7, 11) is 0. The number of thioether (sulfide) groups is 1. The van der Waals surface area contributed by atoms with Crippen LogP contribution in [0, 0.1) is 5.82 Å². The third-order valence-electron chi connectivity index (χ3n) is 4.43. The molecule has 1 heterocycles. The molecule has 2 aromatic rings. The van der Waals surface area contributed by atoms with E-state index in [2.05, 4.69) is 16.9 Å². The molecular weight excluding hydrogens is 433 g/mol. The van der Waals surface area contributed by atoms with Crippen LogP contribution >= 0.6 is 11.8 Å². The lowest BCUT2D eigenvalue weighted by Crippen LogP contribution is -2.33. The van der Waals surface area contributed by atoms with Gasteiger partial charge < -0.3 is 10.1 Å². The lowest BCUT2D eigenvalue weighted by Gasteiger charge is -2.14. The maximum Gasteiger partial charge on any atom is 0.338 e. The fourth-order valence-corrected chi connectivity index (χ4v) is 4.10. The molecule has 0 aliphatic carbocycles. The highest BCUT2D eigenvalue weighted by Gasteiger charge is 2.38. The summed E-state index contributed by atoms with van der Waals surface area (Å²) in [6, 6.07) is 11.9. The molecule has 0 radical (unpaired) electrons. The minimum absolute atomic E-state index is 0.0602. The first-order chi connectivity index (χ1) is 15.4. The van der Waals surface area contributed by atoms with Gasteiger partial charge in [0.2, 0.25) is 11.8 Å². The number of amides is 2. The van der Waals surface area contributed by atoms with Crippen molar-refractivity contribution in [3.05, 3.63) is 72.6 Å². The Labute approximate surface area is 189 Å². The summed E-state index contributed by atoms with van der Waals surface area (Å²) in [4.78, 5) is 43.0. The van der Waals surface area contributed by atoms with E-state index >= 15 is 0 Å². The number of nitrogens with zero attached hydrogens (tertiary/aromatic N) is 2. The Kier molecular flexibility index (Phi) is 7.77. The largest absolute Gasteiger partial charge is 0.462 e. The molecule has 166 valence electrons. The van der Waals surface area contributed by atoms with E-state index in [9.17, 15) is 18.8 Å². The molecule has 9 heteroatoms. The molecule has 32 heavy (non-hydrogen) atoms. The van der Waals surface area contributed by atoms with Crippen LogP contribution in [0.3, 0.4) is 0 Å². The summed E-state index contributed by atoms with van der Waals surface area (Å²) in [5.74, 6) is -1.43. The number of aliphatic imine (C=N–C) groups is 1. The van der Waals surface area contributed by atoms with Crippen LogP contribution in [0.15, 0.2) is 66.2 Å². The van der Waals surface area contributed by atoms with Gasteiger partial charge in [0.15, 0.2) is 5.17 Å². The predicted molar refractivity (Wildman–Crippen MR) is 122 cm³/mol. The molecule has 1 fully saturated rings. The van der Waals surface area contributed by atoms with Gasteiger partial charge in [-0.05, 0) is 55.5 Å². The van der Waals surface area contributed by atoms with Crippen molar-refractivity contribution in [2.75, 3.05) is 18.5 Å². The number of benzene rings is 2. The summed E-state index contributed by atoms with van der Waals surface area (Å²) in [5, 5.41) is 2.46. The van der Waals surface area contributed by atoms with Crippen molar-refractivity contribution in [3.63, 3.8) is 0 Å². The van der Waals surface area contributed by atoms with E-state index in [1.807, 2.05) is 0 Å². The molecule has 1 saturated heterocycles. The third kappa shape index (κ3) is 5.82. The van der Waals surface area contributed by atoms with E-state index in [-0.39, 0.29) is 31.4 Å². The van der Waals surface area contributed by atoms with Gasteiger partial charge in [0.25, 0.3) is 0 Å². The van der Waals surface area contributed by atoms with Gasteiger partial charge in [-0.25, -0.2) is 14.2 Å². The van der Waals surface area contributed by atoms with Gasteiger partial charge in [0.05, 0.1) is 17.9 Å². The molecule has 1 aliphatic heterocycles. The summed E-state index contributed by atoms with van der Waals surface area (Å²) < 4.78 is 18.0. The number of hydrogen-bond donors (Lipinski definition) is 1. The topological polar surface area (TPSA) is 88.1 Å². The third-order valence-corrected chi connectivity index (χ3v) is 5.61. The number of halogens is 1. The number of carbonyl (C=O) groups excluding carboxylic acids is 3. The highest BCUT2D eigenvalue weighted by Crippen LogP contribution is 2.32. The molecule has 7 nitrogen and oxygen atoms in total. The Bertz CT molecular complexity index is 1040. The second-order valence-corrected chi connectivity index (χ2v) is 7.93. The molecule has 2 amide bonds. The first-order valence-corrected chi connectivity index (χ1v) is 10.8. The summed E-state index contributed by atoms with van der Waals surface area (Å²) in [6.07, 6.45) is 1.52. The number of amidine groups is 1. The normalized spacial score (nSPS) is 16.8. The fourth-order valence-electron chi connectivity index (χ4n) is 2.93. The number of anilines is 1. The fraction of sp³-hybridized carbons (Fsp3) is 0.217. The number of esters is 1. The van der Waals surface area contributed by atoms with Crippen molar-refractivity contribution >= 4 is 46.1 Å². The minimum atomic E-state index is -0.645. The average molecular weight is 456 g/mol. The second-order valence-electron chi connectivity index (χ2n) is 6.76. The first-order valence-electron chi connectivity index (χ1n) is 9.91. The van der Waals surface area contributed by atoms with Gasteiger partial charge in [-0.2, -0.15) is 0 Å². The summed E-state index contributed by atoms with van der Waals surface area (Å²) in [5.41, 5.74) is 1.41. The smallest absolute Gasteiger partial charge is 0.338 e. The number of ether oxygens (including phenoxy) is 1. The zero-order valence-electron chi connectivity index (χ0n) is 17.4. The zero-order chi connectivity index (χ0) is 23.1. The van der Waals surface area contributed by atoms with Crippen LogP contribution in [0.1, 0.15) is 23.7 Å². The molecule has 2 aromatic carbocycles. The number of carbonyl (C=O) groups is 3. The van der Waals surface area contributed by atoms with Gasteiger partial charge >= 0.3 is 5.97 Å². The summed E-state index contributed by atoms with van der Waals surface area (Å²) >= 11 is 1.19. The quantitative estimate of drug-likeness (QED) is 0.477. The maximum atomic E-state index is 13.0. The van der Waals surface area contributed by atoms with Gasteiger partial charge in [0, 0.05) is 18.7 Å². The van der Waals surface area contributed by atoms with Crippen LogP contribution in [0.2, 0.25) is 0 Å². The molecule has 1 aliphatic rings. The van der Waals surface area contributed by atoms with E-state index in [1.165, 1.54) is 40.9 Å². The van der Waals surface area contributed by atoms with E-state index < -0.39 is 17.0 Å². The van der Waals surface area contributed by atoms with Crippen LogP contribution in [-0.2, 0) is 14.3 Å². The molecule has 1 unspecified atom stereocenters. The van der Waals surface area contributed by atoms with Crippen molar-refractivity contribution in [1.82, 2.24) is 4.90 Å². The SMILES string of the molecule is C=CCN1C(=O)C(CC(=O)Nc2ccc(F)cc2)SC1=Nc1ccc(C(=O)OCC)cc1. The number of rotatable bonds is 8. The van der Waals surface area contributed by atoms with E-state index in [4.69, 9.17) is 4.74 Å². The zero-order valence-corrected chi connectivity index (χ0v) is 18.2. The van der Waals surface area contributed by atoms with Gasteiger partial charge in [-0.3, -0.25) is 14.5 Å². The van der Waals surface area contributed by atoms with Crippen LogP contribution in [0.5, 0.6) is 0 Å². The van der Waals surface area contributed by atoms with Gasteiger partial charge in [-0.15, -0.1) is 6.58 Å². The average Bonchev–Trinajstić information content (AvgIpc) is 3.05. The van der Waals surface area contributed by atoms with Crippen LogP contribution < -0.4 is 5.32 Å². The van der Waals surface area contributed by atoms with Crippen molar-refractivity contribution < 1.29 is 23.5 Å². The van der Waals surface area contributed by atoms with Crippen LogP contribution in [0.4, 0.5) is 15.8 Å². The van der Waals surface area contributed by atoms with Crippen LogP contribution in [0.25, 0.3) is 0 Å². The van der Waals surface area contributed by atoms with E-state index in [0.717, 1.165) is 0 Å². The Morgan fingerprint density at radius 2 is 1.91 bits per heavy atom. The lowest BCUT2D eigenvalue weighted by molar-refractivity contribution is -0.127. The molecule has 3 rings (SSSR count). The Balaban J connectivity index is 1.71. The predicted octanol–water partition coefficient (Wildman–Crippen LogP) is 4.15. The highest BCUT2D eigenvalue weighted by molar-refractivity contribution is 8.15. The van der Waals surface area contributed by atoms with Gasteiger partial charge in [0.1, 0.15) is 11.1 Å². The van der Waals surface area contributed by atoms with Crippen molar-refractivity contribution in [1.29, 1.82) is 0 Å². The lowest BCUT2D eigenvalue weighted by atomic mass is 10.2. The molecule has 1 N–H and O–H groups in total. The van der Waals surface area contributed by atoms with E-state index in [1.54, 1.807) is 37.3 Å². The standard InChI is InChI=1S/C23H22FN3O4S/c1-3-13-27-21(29)19(14-20(28)25-17-11-7-16(24)8-12-17)32-23(27)26-18-9-5-15(6-10-18)22(30)31-4-2/h3,5-12,19H,1,4,13-14H2,2H3,(H,25,28). The van der Waals surface area contributed by atoms with Crippen molar-refractivity contribution in [2.45, 2.75) is 18.6 Å². The van der Waals surface area contributed by atoms with Crippen molar-refractivity contribution in [2.24, 2.45) is 4.99 Å². The minimum Gasteiger partial charge on any atom is -0.462 e. The summed E-state index contributed by atoms with van der Waals surface area (Å²) in [6.45, 7) is 5.95. The Morgan fingerprint density at radius 3 is 2.53 bits per heavy atom. The molecule has 0 aromatic heterocycles. The second kappa shape index (κ2) is 10.7. The van der Waals surface area contributed by atoms with Crippen LogP contribution in [-0.4, -0.2) is 46.3 Å². The first kappa shape index (κ1) is 23.2.